The third-order valence-corrected chi connectivity index (χ3v) is 3.41. The van der Waals surface area contributed by atoms with Gasteiger partial charge in [-0.1, -0.05) is 13.8 Å². The van der Waals surface area contributed by atoms with Crippen LogP contribution in [0.25, 0.3) is 0 Å². The third kappa shape index (κ3) is 3.46. The highest BCUT2D eigenvalue weighted by molar-refractivity contribution is 5.78. The van der Waals surface area contributed by atoms with Gasteiger partial charge >= 0.3 is 0 Å². The zero-order chi connectivity index (χ0) is 12.1. The van der Waals surface area contributed by atoms with Gasteiger partial charge in [0.25, 0.3) is 0 Å². The Balaban J connectivity index is 2.56. The summed E-state index contributed by atoms with van der Waals surface area (Å²) in [7, 11) is 0. The number of amides is 1. The normalized spacial score (nSPS) is 31.4. The summed E-state index contributed by atoms with van der Waals surface area (Å²) >= 11 is 0. The van der Waals surface area contributed by atoms with Crippen molar-refractivity contribution in [2.75, 3.05) is 26.2 Å². The summed E-state index contributed by atoms with van der Waals surface area (Å²) in [5.41, 5.74) is 5.81. The number of hydrogen-bond donors (Lipinski definition) is 2. The molecule has 4 nitrogen and oxygen atoms in total. The van der Waals surface area contributed by atoms with E-state index in [1.165, 1.54) is 6.42 Å². The van der Waals surface area contributed by atoms with E-state index in [2.05, 4.69) is 24.1 Å². The highest BCUT2D eigenvalue weighted by Gasteiger charge is 2.31. The molecule has 0 radical (unpaired) electrons. The number of likely N-dealkylation sites (N-methyl/N-ethyl adjacent to an activating group) is 1. The number of nitrogens with zero attached hydrogens (tertiary/aromatic N) is 1. The molecule has 1 aliphatic rings. The summed E-state index contributed by atoms with van der Waals surface area (Å²) in [5.74, 6) is 1.36. The smallest absolute Gasteiger partial charge is 0.234 e. The third-order valence-electron chi connectivity index (χ3n) is 3.41. The summed E-state index contributed by atoms with van der Waals surface area (Å²) < 4.78 is 0. The van der Waals surface area contributed by atoms with E-state index in [0.29, 0.717) is 37.5 Å². The molecule has 0 aliphatic carbocycles. The van der Waals surface area contributed by atoms with Gasteiger partial charge in [0.2, 0.25) is 5.91 Å². The largest absolute Gasteiger partial charge is 0.355 e. The topological polar surface area (TPSA) is 58.4 Å². The van der Waals surface area contributed by atoms with Crippen molar-refractivity contribution in [2.24, 2.45) is 17.6 Å². The van der Waals surface area contributed by atoms with Gasteiger partial charge in [0.1, 0.15) is 0 Å². The molecule has 0 saturated carbocycles. The lowest BCUT2D eigenvalue weighted by Gasteiger charge is -2.41. The lowest BCUT2D eigenvalue weighted by Crippen LogP contribution is -2.53. The fraction of sp³-hybridized carbons (Fsp3) is 0.917. The molecular weight excluding hydrogens is 202 g/mol. The molecule has 4 heteroatoms. The monoisotopic (exact) mass is 227 g/mol. The lowest BCUT2D eigenvalue weighted by molar-refractivity contribution is -0.123. The van der Waals surface area contributed by atoms with Crippen molar-refractivity contribution in [1.29, 1.82) is 0 Å². The first kappa shape index (κ1) is 13.5. The van der Waals surface area contributed by atoms with Crippen LogP contribution in [-0.4, -0.2) is 43.0 Å². The standard InChI is InChI=1S/C12H25N3O/c1-4-14-12(16)8-15-7-9(2)5-10(3)11(15)6-13/h9-11H,4-8,13H2,1-3H3,(H,14,16). The Kier molecular flexibility index (Phi) is 5.22. The van der Waals surface area contributed by atoms with Crippen LogP contribution in [0, 0.1) is 11.8 Å². The van der Waals surface area contributed by atoms with E-state index in [1.54, 1.807) is 0 Å². The predicted molar refractivity (Wildman–Crippen MR) is 66.0 cm³/mol. The van der Waals surface area contributed by atoms with Crippen molar-refractivity contribution in [3.63, 3.8) is 0 Å². The van der Waals surface area contributed by atoms with Crippen LogP contribution < -0.4 is 11.1 Å². The first-order valence-corrected chi connectivity index (χ1v) is 6.29. The second-order valence-electron chi connectivity index (χ2n) is 5.00. The van der Waals surface area contributed by atoms with E-state index in [-0.39, 0.29) is 5.91 Å². The fourth-order valence-electron chi connectivity index (χ4n) is 2.76. The lowest BCUT2D eigenvalue weighted by atomic mass is 9.85. The van der Waals surface area contributed by atoms with E-state index in [4.69, 9.17) is 5.73 Å². The molecule has 0 aromatic rings. The quantitative estimate of drug-likeness (QED) is 0.732. The molecule has 1 fully saturated rings. The van der Waals surface area contributed by atoms with E-state index in [9.17, 15) is 4.79 Å². The zero-order valence-electron chi connectivity index (χ0n) is 10.7. The highest BCUT2D eigenvalue weighted by Crippen LogP contribution is 2.26. The van der Waals surface area contributed by atoms with Crippen LogP contribution in [0.2, 0.25) is 0 Å². The minimum absolute atomic E-state index is 0.113. The van der Waals surface area contributed by atoms with Crippen molar-refractivity contribution >= 4 is 5.91 Å². The fourth-order valence-corrected chi connectivity index (χ4v) is 2.76. The van der Waals surface area contributed by atoms with Crippen LogP contribution in [0.1, 0.15) is 27.2 Å². The first-order valence-electron chi connectivity index (χ1n) is 6.29. The molecule has 0 aromatic carbocycles. The number of nitrogens with two attached hydrogens (primary N) is 1. The van der Waals surface area contributed by atoms with Gasteiger partial charge in [0.15, 0.2) is 0 Å². The number of piperidine rings is 1. The maximum atomic E-state index is 11.6. The molecule has 16 heavy (non-hydrogen) atoms. The van der Waals surface area contributed by atoms with Crippen molar-refractivity contribution in [1.82, 2.24) is 10.2 Å². The van der Waals surface area contributed by atoms with E-state index < -0.39 is 0 Å². The van der Waals surface area contributed by atoms with E-state index >= 15 is 0 Å². The van der Waals surface area contributed by atoms with Crippen molar-refractivity contribution in [3.05, 3.63) is 0 Å². The van der Waals surface area contributed by atoms with Crippen LogP contribution in [0.15, 0.2) is 0 Å². The van der Waals surface area contributed by atoms with Crippen molar-refractivity contribution < 1.29 is 4.79 Å². The van der Waals surface area contributed by atoms with Gasteiger partial charge in [0, 0.05) is 25.7 Å². The van der Waals surface area contributed by atoms with Gasteiger partial charge < -0.3 is 11.1 Å². The average molecular weight is 227 g/mol. The van der Waals surface area contributed by atoms with Crippen molar-refractivity contribution in [2.45, 2.75) is 33.2 Å². The molecular formula is C12H25N3O. The molecule has 3 unspecified atom stereocenters. The number of likely N-dealkylation sites (tertiary alicyclic amines) is 1. The molecule has 3 N–H and O–H groups in total. The maximum Gasteiger partial charge on any atom is 0.234 e. The Hall–Kier alpha value is -0.610. The summed E-state index contributed by atoms with van der Waals surface area (Å²) in [5, 5.41) is 2.85. The summed E-state index contributed by atoms with van der Waals surface area (Å²) in [4.78, 5) is 13.8. The number of carbonyl (C=O) groups excluding carboxylic acids is 1. The Labute approximate surface area is 98.6 Å². The number of carbonyl (C=O) groups is 1. The summed E-state index contributed by atoms with van der Waals surface area (Å²) in [6, 6.07) is 0.360. The summed E-state index contributed by atoms with van der Waals surface area (Å²) in [6.07, 6.45) is 1.22. The molecule has 1 heterocycles. The second-order valence-corrected chi connectivity index (χ2v) is 5.00. The SMILES string of the molecule is CCNC(=O)CN1CC(C)CC(C)C1CN. The van der Waals surface area contributed by atoms with Gasteiger partial charge in [-0.25, -0.2) is 0 Å². The van der Waals surface area contributed by atoms with Crippen LogP contribution in [0.5, 0.6) is 0 Å². The Morgan fingerprint density at radius 1 is 1.50 bits per heavy atom. The van der Waals surface area contributed by atoms with Crippen LogP contribution in [0.3, 0.4) is 0 Å². The molecule has 3 atom stereocenters. The first-order chi connectivity index (χ1) is 7.58. The Morgan fingerprint density at radius 3 is 2.75 bits per heavy atom. The second kappa shape index (κ2) is 6.21. The minimum atomic E-state index is 0.113. The molecule has 1 rings (SSSR count). The van der Waals surface area contributed by atoms with Crippen LogP contribution in [0.4, 0.5) is 0 Å². The molecule has 0 aromatic heterocycles. The molecule has 0 spiro atoms. The molecule has 0 bridgehead atoms. The maximum absolute atomic E-state index is 11.6. The zero-order valence-corrected chi connectivity index (χ0v) is 10.7. The van der Waals surface area contributed by atoms with Crippen LogP contribution in [-0.2, 0) is 4.79 Å². The van der Waals surface area contributed by atoms with E-state index in [0.717, 1.165) is 6.54 Å². The van der Waals surface area contributed by atoms with E-state index in [1.807, 2.05) is 6.92 Å². The average Bonchev–Trinajstić information content (AvgIpc) is 2.17. The molecule has 1 amide bonds. The highest BCUT2D eigenvalue weighted by atomic mass is 16.2. The number of rotatable bonds is 4. The molecule has 94 valence electrons. The molecule has 1 aliphatic heterocycles. The number of nitrogens with one attached hydrogen (secondary N) is 1. The minimum Gasteiger partial charge on any atom is -0.355 e. The summed E-state index contributed by atoms with van der Waals surface area (Å²) in [6.45, 7) is 9.25. The predicted octanol–water partition coefficient (Wildman–Crippen LogP) is 0.428. The number of hydrogen-bond acceptors (Lipinski definition) is 3. The van der Waals surface area contributed by atoms with Crippen molar-refractivity contribution in [3.8, 4) is 0 Å². The Morgan fingerprint density at radius 2 is 2.19 bits per heavy atom. The van der Waals surface area contributed by atoms with Gasteiger partial charge in [-0.15, -0.1) is 0 Å². The van der Waals surface area contributed by atoms with Gasteiger partial charge in [0.05, 0.1) is 6.54 Å². The van der Waals surface area contributed by atoms with Gasteiger partial charge in [-0.3, -0.25) is 9.69 Å². The van der Waals surface area contributed by atoms with Gasteiger partial charge in [-0.05, 0) is 25.2 Å². The van der Waals surface area contributed by atoms with Crippen LogP contribution >= 0.6 is 0 Å². The Bertz CT molecular complexity index is 232. The molecule has 1 saturated heterocycles. The van der Waals surface area contributed by atoms with Gasteiger partial charge in [-0.2, -0.15) is 0 Å².